The van der Waals surface area contributed by atoms with Crippen LogP contribution in [0.25, 0.3) is 0 Å². The summed E-state index contributed by atoms with van der Waals surface area (Å²) in [7, 11) is 0. The lowest BCUT2D eigenvalue weighted by Gasteiger charge is -2.22. The van der Waals surface area contributed by atoms with E-state index in [0.29, 0.717) is 12.1 Å². The molecule has 1 aromatic heterocycles. The van der Waals surface area contributed by atoms with Gasteiger partial charge in [0.1, 0.15) is 6.54 Å². The van der Waals surface area contributed by atoms with Crippen molar-refractivity contribution in [1.29, 1.82) is 0 Å². The van der Waals surface area contributed by atoms with Crippen LogP contribution < -0.4 is 5.32 Å². The van der Waals surface area contributed by atoms with Crippen molar-refractivity contribution >= 4 is 11.9 Å². The van der Waals surface area contributed by atoms with E-state index in [1.54, 1.807) is 0 Å². The van der Waals surface area contributed by atoms with Gasteiger partial charge >= 0.3 is 5.97 Å². The quantitative estimate of drug-likeness (QED) is 0.832. The molecule has 2 rings (SSSR count). The molecule has 1 aliphatic carbocycles. The Labute approximate surface area is 130 Å². The summed E-state index contributed by atoms with van der Waals surface area (Å²) in [6.07, 6.45) is 6.10. The van der Waals surface area contributed by atoms with Gasteiger partial charge in [-0.3, -0.25) is 4.79 Å². The molecule has 22 heavy (non-hydrogen) atoms. The third-order valence-electron chi connectivity index (χ3n) is 3.91. The Bertz CT molecular complexity index is 533. The van der Waals surface area contributed by atoms with Crippen LogP contribution in [0.15, 0.2) is 0 Å². The van der Waals surface area contributed by atoms with Gasteiger partial charge in [0.15, 0.2) is 5.69 Å². The van der Waals surface area contributed by atoms with E-state index in [1.807, 2.05) is 13.8 Å². The zero-order valence-corrected chi connectivity index (χ0v) is 13.2. The van der Waals surface area contributed by atoms with Crippen molar-refractivity contribution in [3.63, 3.8) is 0 Å². The molecular weight excluding hydrogens is 284 g/mol. The first kappa shape index (κ1) is 16.5. The van der Waals surface area contributed by atoms with Crippen LogP contribution in [0.4, 0.5) is 0 Å². The number of rotatable bonds is 6. The number of nitrogens with one attached hydrogen (secondary N) is 1. The van der Waals surface area contributed by atoms with Gasteiger partial charge in [0.2, 0.25) is 5.91 Å². The fourth-order valence-electron chi connectivity index (χ4n) is 2.87. The third kappa shape index (κ3) is 4.29. The number of hydrogen-bond acceptors (Lipinski definition) is 4. The minimum atomic E-state index is -1.10. The Hall–Kier alpha value is -1.92. The highest BCUT2D eigenvalue weighted by Crippen LogP contribution is 2.17. The van der Waals surface area contributed by atoms with Crippen LogP contribution in [0.3, 0.4) is 0 Å². The Balaban J connectivity index is 2.04. The van der Waals surface area contributed by atoms with Crippen molar-refractivity contribution < 1.29 is 14.7 Å². The van der Waals surface area contributed by atoms with E-state index in [-0.39, 0.29) is 30.1 Å². The molecule has 0 bridgehead atoms. The van der Waals surface area contributed by atoms with Crippen LogP contribution in [0, 0.1) is 5.92 Å². The molecular formula is C15H24N4O3. The molecule has 1 amide bonds. The smallest absolute Gasteiger partial charge is 0.358 e. The molecule has 7 nitrogen and oxygen atoms in total. The lowest BCUT2D eigenvalue weighted by atomic mass is 9.95. The SMILES string of the molecule is CC(C)Cc1c(C(=O)O)nnn1CC(=O)NC1CCCCC1. The van der Waals surface area contributed by atoms with Gasteiger partial charge in [0.05, 0.1) is 5.69 Å². The van der Waals surface area contributed by atoms with Crippen LogP contribution in [-0.4, -0.2) is 38.0 Å². The summed E-state index contributed by atoms with van der Waals surface area (Å²) in [5, 5.41) is 19.7. The van der Waals surface area contributed by atoms with Gasteiger partial charge in [-0.05, 0) is 25.2 Å². The number of carboxylic acid groups (broad SMARTS) is 1. The van der Waals surface area contributed by atoms with Gasteiger partial charge in [-0.2, -0.15) is 0 Å². The van der Waals surface area contributed by atoms with E-state index in [0.717, 1.165) is 25.7 Å². The number of amides is 1. The molecule has 1 heterocycles. The molecule has 7 heteroatoms. The molecule has 122 valence electrons. The average Bonchev–Trinajstić information content (AvgIpc) is 2.82. The van der Waals surface area contributed by atoms with Gasteiger partial charge in [0.25, 0.3) is 0 Å². The van der Waals surface area contributed by atoms with Crippen molar-refractivity contribution in [2.24, 2.45) is 5.92 Å². The molecule has 1 aromatic rings. The van der Waals surface area contributed by atoms with Crippen molar-refractivity contribution in [1.82, 2.24) is 20.3 Å². The molecule has 0 spiro atoms. The number of nitrogens with zero attached hydrogens (tertiary/aromatic N) is 3. The largest absolute Gasteiger partial charge is 0.476 e. The summed E-state index contributed by atoms with van der Waals surface area (Å²) in [4.78, 5) is 23.4. The summed E-state index contributed by atoms with van der Waals surface area (Å²) in [5.41, 5.74) is 0.459. The number of carbonyl (C=O) groups is 2. The normalized spacial score (nSPS) is 16.0. The Kier molecular flexibility index (Phi) is 5.51. The minimum Gasteiger partial charge on any atom is -0.476 e. The third-order valence-corrected chi connectivity index (χ3v) is 3.91. The van der Waals surface area contributed by atoms with E-state index in [9.17, 15) is 14.7 Å². The van der Waals surface area contributed by atoms with Crippen LogP contribution in [0.2, 0.25) is 0 Å². The predicted molar refractivity (Wildman–Crippen MR) is 80.5 cm³/mol. The number of hydrogen-bond donors (Lipinski definition) is 2. The molecule has 0 radical (unpaired) electrons. The summed E-state index contributed by atoms with van der Waals surface area (Å²) < 4.78 is 1.42. The maximum absolute atomic E-state index is 12.2. The Morgan fingerprint density at radius 2 is 2.00 bits per heavy atom. The number of carbonyl (C=O) groups excluding carboxylic acids is 1. The van der Waals surface area contributed by atoms with E-state index in [1.165, 1.54) is 11.1 Å². The second kappa shape index (κ2) is 7.38. The van der Waals surface area contributed by atoms with Crippen LogP contribution in [-0.2, 0) is 17.8 Å². The highest BCUT2D eigenvalue weighted by Gasteiger charge is 2.22. The molecule has 2 N–H and O–H groups in total. The zero-order chi connectivity index (χ0) is 16.1. The summed E-state index contributed by atoms with van der Waals surface area (Å²) >= 11 is 0. The van der Waals surface area contributed by atoms with Crippen LogP contribution >= 0.6 is 0 Å². The maximum atomic E-state index is 12.2. The average molecular weight is 308 g/mol. The van der Waals surface area contributed by atoms with Crippen molar-refractivity contribution in [2.75, 3.05) is 0 Å². The standard InChI is InChI=1S/C15H24N4O3/c1-10(2)8-12-14(15(21)22)17-18-19(12)9-13(20)16-11-6-4-3-5-7-11/h10-11H,3-9H2,1-2H3,(H,16,20)(H,21,22). The number of carboxylic acids is 1. The summed E-state index contributed by atoms with van der Waals surface area (Å²) in [6, 6.07) is 0.234. The monoisotopic (exact) mass is 308 g/mol. The molecule has 0 aromatic carbocycles. The molecule has 1 fully saturated rings. The van der Waals surface area contributed by atoms with E-state index in [2.05, 4.69) is 15.6 Å². The molecule has 0 unspecified atom stereocenters. The fraction of sp³-hybridized carbons (Fsp3) is 0.733. The van der Waals surface area contributed by atoms with E-state index in [4.69, 9.17) is 0 Å². The lowest BCUT2D eigenvalue weighted by molar-refractivity contribution is -0.122. The van der Waals surface area contributed by atoms with Crippen LogP contribution in [0.5, 0.6) is 0 Å². The predicted octanol–water partition coefficient (Wildman–Crippen LogP) is 1.62. The van der Waals surface area contributed by atoms with Gasteiger partial charge < -0.3 is 10.4 Å². The van der Waals surface area contributed by atoms with Crippen molar-refractivity contribution in [3.8, 4) is 0 Å². The topological polar surface area (TPSA) is 97.1 Å². The zero-order valence-electron chi connectivity index (χ0n) is 13.2. The molecule has 1 saturated carbocycles. The number of aromatic carboxylic acids is 1. The number of aromatic nitrogens is 3. The second-order valence-electron chi connectivity index (χ2n) is 6.35. The first-order valence-corrected chi connectivity index (χ1v) is 7.92. The van der Waals surface area contributed by atoms with Gasteiger partial charge in [0, 0.05) is 6.04 Å². The fourth-order valence-corrected chi connectivity index (χ4v) is 2.87. The Morgan fingerprint density at radius 3 is 2.59 bits per heavy atom. The maximum Gasteiger partial charge on any atom is 0.358 e. The first-order chi connectivity index (χ1) is 10.5. The van der Waals surface area contributed by atoms with Crippen molar-refractivity contribution in [2.45, 2.75) is 65.0 Å². The highest BCUT2D eigenvalue weighted by atomic mass is 16.4. The molecule has 0 aliphatic heterocycles. The van der Waals surface area contributed by atoms with E-state index >= 15 is 0 Å². The molecule has 1 aliphatic rings. The van der Waals surface area contributed by atoms with Gasteiger partial charge in [-0.15, -0.1) is 5.10 Å². The van der Waals surface area contributed by atoms with Gasteiger partial charge in [-0.25, -0.2) is 9.48 Å². The van der Waals surface area contributed by atoms with Crippen LogP contribution in [0.1, 0.15) is 62.1 Å². The molecule has 0 saturated heterocycles. The van der Waals surface area contributed by atoms with Crippen molar-refractivity contribution in [3.05, 3.63) is 11.4 Å². The van der Waals surface area contributed by atoms with E-state index < -0.39 is 5.97 Å². The summed E-state index contributed by atoms with van der Waals surface area (Å²) in [5.74, 6) is -0.968. The first-order valence-electron chi connectivity index (χ1n) is 7.92. The minimum absolute atomic E-state index is 0.0266. The second-order valence-corrected chi connectivity index (χ2v) is 6.35. The summed E-state index contributed by atoms with van der Waals surface area (Å²) in [6.45, 7) is 4.01. The highest BCUT2D eigenvalue weighted by molar-refractivity contribution is 5.86. The van der Waals surface area contributed by atoms with Gasteiger partial charge in [-0.1, -0.05) is 38.3 Å². The Morgan fingerprint density at radius 1 is 1.32 bits per heavy atom. The molecule has 0 atom stereocenters. The lowest BCUT2D eigenvalue weighted by Crippen LogP contribution is -2.38.